The van der Waals surface area contributed by atoms with E-state index in [4.69, 9.17) is 17.3 Å². The smallest absolute Gasteiger partial charge is 0.382 e. The molecule has 0 aliphatic rings. The Morgan fingerprint density at radius 2 is 1.71 bits per heavy atom. The topological polar surface area (TPSA) is 69.1 Å². The molecule has 0 amide bonds. The lowest BCUT2D eigenvalue weighted by Gasteiger charge is -2.11. The van der Waals surface area contributed by atoms with Crippen LogP contribution in [-0.4, -0.2) is 19.4 Å². The fourth-order valence-corrected chi connectivity index (χ4v) is 3.07. The summed E-state index contributed by atoms with van der Waals surface area (Å²) in [6.45, 7) is 1.92. The third kappa shape index (κ3) is 3.05. The summed E-state index contributed by atoms with van der Waals surface area (Å²) in [4.78, 5) is 12.0. The van der Waals surface area contributed by atoms with Gasteiger partial charge in [0.25, 0.3) is 0 Å². The number of halogens is 4. The number of pyridine rings is 1. The molecule has 0 radical (unpaired) electrons. The first-order valence-electron chi connectivity index (χ1n) is 8.20. The first-order chi connectivity index (χ1) is 13.3. The van der Waals surface area contributed by atoms with Crippen LogP contribution in [0.1, 0.15) is 11.3 Å². The second-order valence-electron chi connectivity index (χ2n) is 6.20. The highest BCUT2D eigenvalue weighted by molar-refractivity contribution is 6.35. The van der Waals surface area contributed by atoms with Crippen LogP contribution in [0.5, 0.6) is 0 Å². The van der Waals surface area contributed by atoms with E-state index in [2.05, 4.69) is 15.0 Å². The quantitative estimate of drug-likeness (QED) is 0.510. The number of anilines is 1. The average Bonchev–Trinajstić information content (AvgIpc) is 3.05. The average molecular weight is 404 g/mol. The van der Waals surface area contributed by atoms with Gasteiger partial charge in [0.05, 0.1) is 5.69 Å². The van der Waals surface area contributed by atoms with Crippen LogP contribution in [0, 0.1) is 6.92 Å². The minimum atomic E-state index is -4.69. The number of nitrogens with two attached hydrogens (primary N) is 1. The second kappa shape index (κ2) is 6.49. The van der Waals surface area contributed by atoms with Crippen molar-refractivity contribution in [3.8, 4) is 22.8 Å². The number of hydrogen-bond donors (Lipinski definition) is 1. The number of hydrogen-bond acceptors (Lipinski definition) is 4. The van der Waals surface area contributed by atoms with Gasteiger partial charge in [0.1, 0.15) is 22.2 Å². The molecule has 0 spiro atoms. The van der Waals surface area contributed by atoms with Gasteiger partial charge in [-0.1, -0.05) is 47.5 Å². The molecule has 0 aliphatic carbocycles. The maximum Gasteiger partial charge on any atom is 0.435 e. The molecule has 142 valence electrons. The maximum atomic E-state index is 13.6. The van der Waals surface area contributed by atoms with Gasteiger partial charge in [-0.15, -0.1) is 0 Å². The van der Waals surface area contributed by atoms with Crippen molar-refractivity contribution < 1.29 is 13.2 Å². The van der Waals surface area contributed by atoms with Crippen molar-refractivity contribution in [3.05, 3.63) is 64.9 Å². The van der Waals surface area contributed by atoms with Crippen LogP contribution in [-0.2, 0) is 6.18 Å². The minimum Gasteiger partial charge on any atom is -0.382 e. The maximum absolute atomic E-state index is 13.6. The van der Waals surface area contributed by atoms with E-state index in [1.165, 1.54) is 16.7 Å². The predicted molar refractivity (Wildman–Crippen MR) is 101 cm³/mol. The summed E-state index contributed by atoms with van der Waals surface area (Å²) in [7, 11) is 0. The lowest BCUT2D eigenvalue weighted by molar-refractivity contribution is -0.140. The van der Waals surface area contributed by atoms with Gasteiger partial charge >= 0.3 is 6.18 Å². The van der Waals surface area contributed by atoms with Crippen LogP contribution >= 0.6 is 11.6 Å². The van der Waals surface area contributed by atoms with Crippen LogP contribution in [0.15, 0.2) is 48.7 Å². The summed E-state index contributed by atoms with van der Waals surface area (Å²) >= 11 is 6.25. The van der Waals surface area contributed by atoms with Gasteiger partial charge < -0.3 is 5.73 Å². The van der Waals surface area contributed by atoms with E-state index in [0.29, 0.717) is 5.56 Å². The van der Waals surface area contributed by atoms with E-state index in [-0.39, 0.29) is 33.7 Å². The molecule has 0 bridgehead atoms. The zero-order valence-electron chi connectivity index (χ0n) is 14.5. The molecule has 1 aromatic carbocycles. The van der Waals surface area contributed by atoms with E-state index >= 15 is 0 Å². The van der Waals surface area contributed by atoms with E-state index in [9.17, 15) is 13.2 Å². The number of aromatic nitrogens is 4. The fourth-order valence-electron chi connectivity index (χ4n) is 2.88. The van der Waals surface area contributed by atoms with Crippen LogP contribution in [0.2, 0.25) is 5.02 Å². The van der Waals surface area contributed by atoms with Crippen LogP contribution in [0.4, 0.5) is 19.0 Å². The summed E-state index contributed by atoms with van der Waals surface area (Å²) in [6.07, 6.45) is -3.23. The molecule has 5 nitrogen and oxygen atoms in total. The Labute approximate surface area is 162 Å². The molecule has 4 rings (SSSR count). The Hall–Kier alpha value is -3.13. The van der Waals surface area contributed by atoms with Gasteiger partial charge in [0.15, 0.2) is 11.5 Å². The number of aryl methyl sites for hydroxylation is 1. The number of imidazole rings is 1. The summed E-state index contributed by atoms with van der Waals surface area (Å²) in [5.41, 5.74) is 6.54. The molecule has 4 aromatic rings. The van der Waals surface area contributed by atoms with Crippen molar-refractivity contribution in [2.45, 2.75) is 13.1 Å². The van der Waals surface area contributed by atoms with Gasteiger partial charge in [-0.05, 0) is 19.1 Å². The van der Waals surface area contributed by atoms with E-state index < -0.39 is 11.9 Å². The Balaban J connectivity index is 2.02. The molecule has 3 heterocycles. The highest BCUT2D eigenvalue weighted by Crippen LogP contribution is 2.38. The first kappa shape index (κ1) is 18.2. The number of nitrogens with zero attached hydrogens (tertiary/aromatic N) is 4. The first-order valence-corrected chi connectivity index (χ1v) is 8.58. The Bertz CT molecular complexity index is 1180. The van der Waals surface area contributed by atoms with Gasteiger partial charge in [-0.2, -0.15) is 13.2 Å². The van der Waals surface area contributed by atoms with Crippen LogP contribution in [0.3, 0.4) is 0 Å². The van der Waals surface area contributed by atoms with Gasteiger partial charge in [-0.3, -0.25) is 4.40 Å². The molecule has 0 saturated carbocycles. The Morgan fingerprint density at radius 1 is 1.00 bits per heavy atom. The largest absolute Gasteiger partial charge is 0.435 e. The number of nitrogen functional groups attached to an aromatic ring is 1. The van der Waals surface area contributed by atoms with Crippen molar-refractivity contribution in [2.24, 2.45) is 0 Å². The molecular weight excluding hydrogens is 391 g/mol. The normalized spacial score (nSPS) is 11.9. The van der Waals surface area contributed by atoms with E-state index in [1.807, 2.05) is 19.1 Å². The second-order valence-corrected chi connectivity index (χ2v) is 6.57. The fraction of sp³-hybridized carbons (Fsp3) is 0.105. The number of alkyl halides is 3. The minimum absolute atomic E-state index is 0.0787. The molecule has 0 atom stereocenters. The lowest BCUT2D eigenvalue weighted by atomic mass is 10.1. The molecular formula is C19H13ClF3N5. The highest BCUT2D eigenvalue weighted by atomic mass is 35.5. The van der Waals surface area contributed by atoms with E-state index in [0.717, 1.165) is 5.56 Å². The van der Waals surface area contributed by atoms with Crippen molar-refractivity contribution in [2.75, 3.05) is 5.73 Å². The van der Waals surface area contributed by atoms with Crippen molar-refractivity contribution in [3.63, 3.8) is 0 Å². The summed E-state index contributed by atoms with van der Waals surface area (Å²) < 4.78 is 42.2. The zero-order chi connectivity index (χ0) is 20.1. The summed E-state index contributed by atoms with van der Waals surface area (Å²) in [5, 5.41) is 0.0787. The number of fused-ring (bicyclic) bond motifs is 1. The van der Waals surface area contributed by atoms with Crippen LogP contribution < -0.4 is 5.73 Å². The molecule has 28 heavy (non-hydrogen) atoms. The Morgan fingerprint density at radius 3 is 2.39 bits per heavy atom. The SMILES string of the molecule is Cc1ccc(-c2nc(-c3c(C(F)(F)F)nc4ccccn34)nc(N)c2Cl)cc1. The number of benzene rings is 1. The third-order valence-corrected chi connectivity index (χ3v) is 4.58. The van der Waals surface area contributed by atoms with Gasteiger partial charge in [-0.25, -0.2) is 15.0 Å². The Kier molecular flexibility index (Phi) is 4.23. The highest BCUT2D eigenvalue weighted by Gasteiger charge is 2.39. The van der Waals surface area contributed by atoms with Crippen molar-refractivity contribution in [1.29, 1.82) is 0 Å². The molecule has 2 N–H and O–H groups in total. The molecule has 3 aromatic heterocycles. The molecule has 9 heteroatoms. The van der Waals surface area contributed by atoms with Crippen LogP contribution in [0.25, 0.3) is 28.4 Å². The predicted octanol–water partition coefficient (Wildman–Crippen LogP) is 5.02. The van der Waals surface area contributed by atoms with E-state index in [1.54, 1.807) is 24.3 Å². The molecule has 0 unspecified atom stereocenters. The number of rotatable bonds is 2. The zero-order valence-corrected chi connectivity index (χ0v) is 15.3. The molecule has 0 saturated heterocycles. The monoisotopic (exact) mass is 403 g/mol. The van der Waals surface area contributed by atoms with Gasteiger partial charge in [0, 0.05) is 11.8 Å². The van der Waals surface area contributed by atoms with Gasteiger partial charge in [0.2, 0.25) is 0 Å². The molecule has 0 fully saturated rings. The summed E-state index contributed by atoms with van der Waals surface area (Å²) in [6, 6.07) is 11.9. The molecule has 0 aliphatic heterocycles. The standard InChI is InChI=1S/C19H13ClF3N5/c1-10-5-7-11(8-6-10)14-13(20)17(24)27-18(26-14)15-16(19(21,22)23)25-12-4-2-3-9-28(12)15/h2-9H,1H3,(H2,24,26,27). The van der Waals surface area contributed by atoms with Crippen molar-refractivity contribution in [1.82, 2.24) is 19.4 Å². The van der Waals surface area contributed by atoms with Crippen molar-refractivity contribution >= 4 is 23.1 Å². The summed E-state index contributed by atoms with van der Waals surface area (Å²) in [5.74, 6) is -0.315. The third-order valence-electron chi connectivity index (χ3n) is 4.21. The lowest BCUT2D eigenvalue weighted by Crippen LogP contribution is -2.10.